The summed E-state index contributed by atoms with van der Waals surface area (Å²) in [5, 5.41) is 10.7. The molecule has 0 saturated heterocycles. The maximum absolute atomic E-state index is 4.57. The van der Waals surface area contributed by atoms with Crippen molar-refractivity contribution in [2.75, 3.05) is 0 Å². The van der Waals surface area contributed by atoms with Gasteiger partial charge in [0.15, 0.2) is 0 Å². The highest BCUT2D eigenvalue weighted by Crippen LogP contribution is 2.37. The first-order chi connectivity index (χ1) is 11.8. The lowest BCUT2D eigenvalue weighted by Gasteiger charge is -2.07. The van der Waals surface area contributed by atoms with Crippen molar-refractivity contribution < 1.29 is 0 Å². The van der Waals surface area contributed by atoms with Crippen LogP contribution in [-0.2, 0) is 0 Å². The summed E-state index contributed by atoms with van der Waals surface area (Å²) < 4.78 is 0. The molecule has 3 aromatic heterocycles. The second-order valence-electron chi connectivity index (χ2n) is 5.88. The van der Waals surface area contributed by atoms with E-state index in [-0.39, 0.29) is 0 Å². The fraction of sp³-hybridized carbons (Fsp3) is 0.0526. The number of fused-ring (bicyclic) bond motifs is 2. The average Bonchev–Trinajstić information content (AvgIpc) is 3.33. The van der Waals surface area contributed by atoms with Crippen LogP contribution in [0, 0.1) is 6.92 Å². The summed E-state index contributed by atoms with van der Waals surface area (Å²) in [6.07, 6.45) is 5.78. The minimum Gasteiger partial charge on any atom is -0.361 e. The van der Waals surface area contributed by atoms with Crippen LogP contribution in [0.25, 0.3) is 43.5 Å². The Labute approximate surface area is 142 Å². The summed E-state index contributed by atoms with van der Waals surface area (Å²) in [5.74, 6) is 0. The van der Waals surface area contributed by atoms with Crippen LogP contribution in [0.4, 0.5) is 0 Å². The van der Waals surface area contributed by atoms with Crippen LogP contribution < -0.4 is 0 Å². The Bertz CT molecular complexity index is 1180. The van der Waals surface area contributed by atoms with E-state index in [1.807, 2.05) is 18.6 Å². The highest BCUT2D eigenvalue weighted by Gasteiger charge is 2.13. The van der Waals surface area contributed by atoms with Gasteiger partial charge in [0.05, 0.1) is 11.7 Å². The van der Waals surface area contributed by atoms with Crippen molar-refractivity contribution in [1.82, 2.24) is 20.2 Å². The maximum Gasteiger partial charge on any atom is 0.124 e. The van der Waals surface area contributed by atoms with Crippen molar-refractivity contribution in [3.8, 4) is 21.7 Å². The number of aromatic nitrogens is 4. The third-order valence-corrected chi connectivity index (χ3v) is 5.26. The number of hydrogen-bond donors (Lipinski definition) is 2. The summed E-state index contributed by atoms with van der Waals surface area (Å²) >= 11 is 1.71. The predicted molar refractivity (Wildman–Crippen MR) is 99.2 cm³/mol. The van der Waals surface area contributed by atoms with E-state index < -0.39 is 0 Å². The predicted octanol–water partition coefficient (Wildman–Crippen LogP) is 5.14. The highest BCUT2D eigenvalue weighted by atomic mass is 32.1. The van der Waals surface area contributed by atoms with Gasteiger partial charge in [0, 0.05) is 39.1 Å². The van der Waals surface area contributed by atoms with Gasteiger partial charge in [0.1, 0.15) is 5.01 Å². The lowest BCUT2D eigenvalue weighted by molar-refractivity contribution is 1.12. The third-order valence-electron chi connectivity index (χ3n) is 4.32. The molecule has 0 spiro atoms. The summed E-state index contributed by atoms with van der Waals surface area (Å²) in [5.41, 5.74) is 5.67. The molecule has 0 radical (unpaired) electrons. The zero-order valence-electron chi connectivity index (χ0n) is 13.0. The van der Waals surface area contributed by atoms with Gasteiger partial charge >= 0.3 is 0 Å². The molecule has 0 bridgehead atoms. The van der Waals surface area contributed by atoms with Gasteiger partial charge in [-0.25, -0.2) is 4.98 Å². The molecule has 0 aliphatic carbocycles. The number of thiazole rings is 1. The van der Waals surface area contributed by atoms with E-state index >= 15 is 0 Å². The van der Waals surface area contributed by atoms with Crippen LogP contribution in [0.5, 0.6) is 0 Å². The number of nitrogens with one attached hydrogen (secondary N) is 2. The van der Waals surface area contributed by atoms with Crippen molar-refractivity contribution in [2.24, 2.45) is 0 Å². The molecule has 0 fully saturated rings. The van der Waals surface area contributed by atoms with E-state index in [9.17, 15) is 0 Å². The standard InChI is InChI=1S/C19H14N4S/c1-11-9-21-19(24-11)15-7-12(8-18-16(15)10-22-23-18)13-3-2-4-17-14(13)5-6-20-17/h2-10,20H,1H3,(H,22,23). The van der Waals surface area contributed by atoms with Gasteiger partial charge < -0.3 is 4.98 Å². The molecule has 5 aromatic rings. The lowest BCUT2D eigenvalue weighted by Crippen LogP contribution is -1.84. The number of benzene rings is 2. The Kier molecular flexibility index (Phi) is 2.84. The number of hydrogen-bond acceptors (Lipinski definition) is 3. The molecule has 116 valence electrons. The summed E-state index contributed by atoms with van der Waals surface area (Å²) in [6.45, 7) is 2.08. The Balaban J connectivity index is 1.82. The van der Waals surface area contributed by atoms with Gasteiger partial charge in [-0.3, -0.25) is 5.10 Å². The Morgan fingerprint density at radius 2 is 1.92 bits per heavy atom. The minimum atomic E-state index is 1.03. The summed E-state index contributed by atoms with van der Waals surface area (Å²) in [7, 11) is 0. The molecule has 5 heteroatoms. The van der Waals surface area contributed by atoms with Gasteiger partial charge in [-0.15, -0.1) is 11.3 Å². The first-order valence-corrected chi connectivity index (χ1v) is 8.58. The van der Waals surface area contributed by atoms with E-state index in [4.69, 9.17) is 0 Å². The Morgan fingerprint density at radius 1 is 0.958 bits per heavy atom. The highest BCUT2D eigenvalue weighted by molar-refractivity contribution is 7.15. The van der Waals surface area contributed by atoms with Crippen LogP contribution in [-0.4, -0.2) is 20.2 Å². The molecule has 3 heterocycles. The van der Waals surface area contributed by atoms with E-state index in [1.165, 1.54) is 21.4 Å². The fourth-order valence-corrected chi connectivity index (χ4v) is 3.99. The normalized spacial score (nSPS) is 11.5. The van der Waals surface area contributed by atoms with Gasteiger partial charge in [0.25, 0.3) is 0 Å². The largest absolute Gasteiger partial charge is 0.361 e. The smallest absolute Gasteiger partial charge is 0.124 e. The summed E-state index contributed by atoms with van der Waals surface area (Å²) in [4.78, 5) is 9.06. The van der Waals surface area contributed by atoms with Crippen LogP contribution in [0.3, 0.4) is 0 Å². The zero-order valence-corrected chi connectivity index (χ0v) is 13.8. The lowest BCUT2D eigenvalue weighted by atomic mass is 9.98. The van der Waals surface area contributed by atoms with E-state index in [2.05, 4.69) is 63.5 Å². The van der Waals surface area contributed by atoms with Crippen LogP contribution >= 0.6 is 11.3 Å². The van der Waals surface area contributed by atoms with Crippen LogP contribution in [0.2, 0.25) is 0 Å². The van der Waals surface area contributed by atoms with E-state index in [0.717, 1.165) is 27.0 Å². The van der Waals surface area contributed by atoms with Crippen LogP contribution in [0.1, 0.15) is 4.88 Å². The molecule has 0 amide bonds. The van der Waals surface area contributed by atoms with Gasteiger partial charge in [-0.1, -0.05) is 12.1 Å². The first-order valence-electron chi connectivity index (χ1n) is 7.76. The van der Waals surface area contributed by atoms with Crippen LogP contribution in [0.15, 0.2) is 55.0 Å². The number of aryl methyl sites for hydroxylation is 1. The van der Waals surface area contributed by atoms with Gasteiger partial charge in [-0.2, -0.15) is 5.10 Å². The van der Waals surface area contributed by atoms with Gasteiger partial charge in [0.2, 0.25) is 0 Å². The van der Waals surface area contributed by atoms with Crippen molar-refractivity contribution in [3.05, 3.63) is 59.9 Å². The van der Waals surface area contributed by atoms with Gasteiger partial charge in [-0.05, 0) is 42.3 Å². The molecular weight excluding hydrogens is 316 g/mol. The molecule has 2 aromatic carbocycles. The van der Waals surface area contributed by atoms with E-state index in [0.29, 0.717) is 0 Å². The van der Waals surface area contributed by atoms with Crippen molar-refractivity contribution >= 4 is 33.1 Å². The maximum atomic E-state index is 4.57. The Morgan fingerprint density at radius 3 is 2.79 bits per heavy atom. The molecule has 0 aliphatic heterocycles. The number of H-pyrrole nitrogens is 2. The monoisotopic (exact) mass is 330 g/mol. The fourth-order valence-electron chi connectivity index (χ4n) is 3.20. The van der Waals surface area contributed by atoms with Crippen molar-refractivity contribution in [3.63, 3.8) is 0 Å². The molecular formula is C19H14N4S. The average molecular weight is 330 g/mol. The van der Waals surface area contributed by atoms with Crippen molar-refractivity contribution in [1.29, 1.82) is 0 Å². The summed E-state index contributed by atoms with van der Waals surface area (Å²) in [6, 6.07) is 12.8. The molecule has 0 saturated carbocycles. The second kappa shape index (κ2) is 5.04. The SMILES string of the molecule is Cc1cnc(-c2cc(-c3cccc4[nH]ccc34)cc3[nH]ncc23)s1. The second-order valence-corrected chi connectivity index (χ2v) is 7.11. The number of rotatable bonds is 2. The first kappa shape index (κ1) is 13.5. The molecule has 24 heavy (non-hydrogen) atoms. The molecule has 5 rings (SSSR count). The Hall–Kier alpha value is -2.92. The minimum absolute atomic E-state index is 1.03. The van der Waals surface area contributed by atoms with Crippen molar-refractivity contribution in [2.45, 2.75) is 6.92 Å². The topological polar surface area (TPSA) is 57.4 Å². The molecule has 4 nitrogen and oxygen atoms in total. The molecule has 0 unspecified atom stereocenters. The molecule has 0 atom stereocenters. The number of aromatic amines is 2. The third kappa shape index (κ3) is 1.98. The zero-order chi connectivity index (χ0) is 16.1. The molecule has 2 N–H and O–H groups in total. The quantitative estimate of drug-likeness (QED) is 0.470. The molecule has 0 aliphatic rings. The number of nitrogens with zero attached hydrogens (tertiary/aromatic N) is 2. The van der Waals surface area contributed by atoms with E-state index in [1.54, 1.807) is 11.3 Å².